The van der Waals surface area contributed by atoms with E-state index in [1.807, 2.05) is 18.7 Å². The van der Waals surface area contributed by atoms with Crippen molar-refractivity contribution in [3.05, 3.63) is 0 Å². The third-order valence-corrected chi connectivity index (χ3v) is 4.83. The second-order valence-electron chi connectivity index (χ2n) is 5.23. The summed E-state index contributed by atoms with van der Waals surface area (Å²) in [7, 11) is -3.12. The molecule has 0 radical (unpaired) electrons. The van der Waals surface area contributed by atoms with Gasteiger partial charge in [0.25, 0.3) is 0 Å². The van der Waals surface area contributed by atoms with Gasteiger partial charge in [-0.15, -0.1) is 24.0 Å². The zero-order valence-electron chi connectivity index (χ0n) is 13.7. The van der Waals surface area contributed by atoms with Crippen LogP contribution in [-0.2, 0) is 10.0 Å². The quantitative estimate of drug-likeness (QED) is 0.254. The molecule has 22 heavy (non-hydrogen) atoms. The third kappa shape index (κ3) is 7.42. The summed E-state index contributed by atoms with van der Waals surface area (Å²) in [6.45, 7) is 7.57. The summed E-state index contributed by atoms with van der Waals surface area (Å²) in [5.74, 6) is 0.802. The van der Waals surface area contributed by atoms with Gasteiger partial charge in [-0.25, -0.2) is 12.7 Å². The maximum Gasteiger partial charge on any atom is 0.211 e. The number of rotatable bonds is 7. The van der Waals surface area contributed by atoms with E-state index in [1.54, 1.807) is 0 Å². The van der Waals surface area contributed by atoms with Gasteiger partial charge < -0.3 is 15.3 Å². The highest BCUT2D eigenvalue weighted by Crippen LogP contribution is 2.09. The molecule has 1 heterocycles. The highest BCUT2D eigenvalue weighted by molar-refractivity contribution is 14.0. The molecule has 0 unspecified atom stereocenters. The van der Waals surface area contributed by atoms with Gasteiger partial charge in [-0.2, -0.15) is 0 Å². The Kier molecular flexibility index (Phi) is 10.5. The number of likely N-dealkylation sites (tertiary alicyclic amines) is 1. The molecule has 132 valence electrons. The number of aliphatic hydroxyl groups is 1. The van der Waals surface area contributed by atoms with Gasteiger partial charge in [0.05, 0.1) is 12.4 Å². The normalized spacial score (nSPS) is 19.4. The summed E-state index contributed by atoms with van der Waals surface area (Å²) in [6, 6.07) is 0. The lowest BCUT2D eigenvalue weighted by molar-refractivity contribution is 0.188. The van der Waals surface area contributed by atoms with Gasteiger partial charge in [-0.05, 0) is 19.8 Å². The maximum absolute atomic E-state index is 11.5. The van der Waals surface area contributed by atoms with E-state index in [-0.39, 0.29) is 30.1 Å². The summed E-state index contributed by atoms with van der Waals surface area (Å²) in [6.07, 6.45) is 2.40. The molecule has 1 aliphatic rings. The van der Waals surface area contributed by atoms with Gasteiger partial charge in [-0.1, -0.05) is 6.92 Å². The fourth-order valence-electron chi connectivity index (χ4n) is 2.35. The summed E-state index contributed by atoms with van der Waals surface area (Å²) in [5, 5.41) is 12.8. The van der Waals surface area contributed by atoms with E-state index in [0.717, 1.165) is 25.5 Å². The highest BCUT2D eigenvalue weighted by atomic mass is 127. The lowest BCUT2D eigenvalue weighted by atomic mass is 10.3. The van der Waals surface area contributed by atoms with Crippen molar-refractivity contribution in [2.24, 2.45) is 4.99 Å². The predicted octanol–water partition coefficient (Wildman–Crippen LogP) is 0.308. The van der Waals surface area contributed by atoms with E-state index >= 15 is 0 Å². The van der Waals surface area contributed by atoms with Crippen LogP contribution in [0.15, 0.2) is 4.99 Å². The molecule has 7 nitrogen and oxygen atoms in total. The van der Waals surface area contributed by atoms with E-state index < -0.39 is 10.0 Å². The lowest BCUT2D eigenvalue weighted by Gasteiger charge is -2.21. The number of β-amino-alcohol motifs (C(OH)–C–C–N with tert-alkyl or cyclic N) is 1. The SMILES string of the molecule is CCNC(=NCCCN(CC)S(C)(=O)=O)N1CC[C@@H](O)C1.I. The second-order valence-corrected chi connectivity index (χ2v) is 7.21. The minimum atomic E-state index is -3.12. The van der Waals surface area contributed by atoms with E-state index in [1.165, 1.54) is 10.6 Å². The Morgan fingerprint density at radius 1 is 1.45 bits per heavy atom. The Morgan fingerprint density at radius 2 is 2.14 bits per heavy atom. The van der Waals surface area contributed by atoms with Crippen LogP contribution in [0.1, 0.15) is 26.7 Å². The monoisotopic (exact) mass is 448 g/mol. The molecule has 2 N–H and O–H groups in total. The first-order valence-corrected chi connectivity index (χ1v) is 9.39. The van der Waals surface area contributed by atoms with E-state index in [0.29, 0.717) is 32.6 Å². The van der Waals surface area contributed by atoms with Crippen LogP contribution < -0.4 is 5.32 Å². The van der Waals surface area contributed by atoms with E-state index in [2.05, 4.69) is 10.3 Å². The Hall–Kier alpha value is -0.130. The number of nitrogens with one attached hydrogen (secondary N) is 1. The number of aliphatic hydroxyl groups excluding tert-OH is 1. The van der Waals surface area contributed by atoms with Crippen LogP contribution in [0.5, 0.6) is 0 Å². The van der Waals surface area contributed by atoms with Crippen molar-refractivity contribution >= 4 is 40.0 Å². The van der Waals surface area contributed by atoms with Crippen LogP contribution in [0.25, 0.3) is 0 Å². The average molecular weight is 448 g/mol. The molecule has 0 saturated carbocycles. The summed E-state index contributed by atoms with van der Waals surface area (Å²) >= 11 is 0. The standard InChI is InChI=1S/C13H28N4O3S.HI/c1-4-14-13(16-10-7-12(18)11-16)15-8-6-9-17(5-2)21(3,19)20;/h12,18H,4-11H2,1-3H3,(H,14,15);1H/t12-;/m1./s1. The van der Waals surface area contributed by atoms with Gasteiger partial charge in [-0.3, -0.25) is 4.99 Å². The molecule has 1 atom stereocenters. The minimum absolute atomic E-state index is 0. The van der Waals surface area contributed by atoms with Gasteiger partial charge in [0, 0.05) is 39.3 Å². The molecule has 0 aromatic rings. The molecule has 0 aliphatic carbocycles. The number of halogens is 1. The molecule has 0 aromatic heterocycles. The molecule has 0 aromatic carbocycles. The van der Waals surface area contributed by atoms with Crippen molar-refractivity contribution in [2.75, 3.05) is 45.5 Å². The van der Waals surface area contributed by atoms with Gasteiger partial charge in [0.2, 0.25) is 10.0 Å². The lowest BCUT2D eigenvalue weighted by Crippen LogP contribution is -2.40. The molecule has 0 bridgehead atoms. The molecule has 9 heteroatoms. The Labute approximate surface area is 151 Å². The first-order chi connectivity index (χ1) is 9.88. The number of guanidine groups is 1. The molecule has 1 fully saturated rings. The Morgan fingerprint density at radius 3 is 2.59 bits per heavy atom. The molecular weight excluding hydrogens is 419 g/mol. The van der Waals surface area contributed by atoms with Gasteiger partial charge >= 0.3 is 0 Å². The first-order valence-electron chi connectivity index (χ1n) is 7.54. The summed E-state index contributed by atoms with van der Waals surface area (Å²) in [4.78, 5) is 6.56. The maximum atomic E-state index is 11.5. The van der Waals surface area contributed by atoms with Crippen LogP contribution >= 0.6 is 24.0 Å². The third-order valence-electron chi connectivity index (χ3n) is 3.45. The van der Waals surface area contributed by atoms with Crippen molar-refractivity contribution < 1.29 is 13.5 Å². The van der Waals surface area contributed by atoms with Crippen molar-refractivity contribution in [1.29, 1.82) is 0 Å². The molecule has 1 rings (SSSR count). The molecule has 1 saturated heterocycles. The van der Waals surface area contributed by atoms with Crippen LogP contribution in [-0.4, -0.2) is 80.3 Å². The fourth-order valence-corrected chi connectivity index (χ4v) is 3.28. The molecule has 0 amide bonds. The van der Waals surface area contributed by atoms with E-state index in [4.69, 9.17) is 0 Å². The van der Waals surface area contributed by atoms with Crippen molar-refractivity contribution in [3.8, 4) is 0 Å². The van der Waals surface area contributed by atoms with Gasteiger partial charge in [0.1, 0.15) is 0 Å². The van der Waals surface area contributed by atoms with Crippen molar-refractivity contribution in [1.82, 2.24) is 14.5 Å². The van der Waals surface area contributed by atoms with Crippen LogP contribution in [0.3, 0.4) is 0 Å². The van der Waals surface area contributed by atoms with Crippen molar-refractivity contribution in [3.63, 3.8) is 0 Å². The largest absolute Gasteiger partial charge is 0.391 e. The smallest absolute Gasteiger partial charge is 0.211 e. The van der Waals surface area contributed by atoms with Crippen LogP contribution in [0.2, 0.25) is 0 Å². The summed E-state index contributed by atoms with van der Waals surface area (Å²) in [5.41, 5.74) is 0. The van der Waals surface area contributed by atoms with Crippen LogP contribution in [0.4, 0.5) is 0 Å². The second kappa shape index (κ2) is 10.6. The number of hydrogen-bond donors (Lipinski definition) is 2. The average Bonchev–Trinajstić information content (AvgIpc) is 2.82. The van der Waals surface area contributed by atoms with Crippen molar-refractivity contribution in [2.45, 2.75) is 32.8 Å². The van der Waals surface area contributed by atoms with E-state index in [9.17, 15) is 13.5 Å². The minimum Gasteiger partial charge on any atom is -0.391 e. The zero-order valence-corrected chi connectivity index (χ0v) is 16.8. The summed E-state index contributed by atoms with van der Waals surface area (Å²) < 4.78 is 24.4. The topological polar surface area (TPSA) is 85.2 Å². The number of sulfonamides is 1. The highest BCUT2D eigenvalue weighted by Gasteiger charge is 2.22. The molecule has 1 aliphatic heterocycles. The zero-order chi connectivity index (χ0) is 15.9. The first kappa shape index (κ1) is 21.9. The molecular formula is C13H29IN4O3S. The predicted molar refractivity (Wildman–Crippen MR) is 100 cm³/mol. The number of hydrogen-bond acceptors (Lipinski definition) is 4. The van der Waals surface area contributed by atoms with Crippen LogP contribution in [0, 0.1) is 0 Å². The Bertz CT molecular complexity index is 445. The molecule has 0 spiro atoms. The van der Waals surface area contributed by atoms with Gasteiger partial charge in [0.15, 0.2) is 5.96 Å². The number of nitrogens with zero attached hydrogens (tertiary/aromatic N) is 3. The fraction of sp³-hybridized carbons (Fsp3) is 0.923. The number of aliphatic imine (C=N–C) groups is 1. The Balaban J connectivity index is 0.00000441.